The molecule has 0 aliphatic carbocycles. The molecular formula is C19H15NO4S2. The largest absolute Gasteiger partial charge is 0.488 e. The number of hydrogen-bond acceptors (Lipinski definition) is 6. The van der Waals surface area contributed by atoms with Crippen LogP contribution in [-0.2, 0) is 11.3 Å². The van der Waals surface area contributed by atoms with Gasteiger partial charge in [0.05, 0.1) is 17.7 Å². The van der Waals surface area contributed by atoms with E-state index in [4.69, 9.17) is 9.47 Å². The smallest absolute Gasteiger partial charge is 0.350 e. The summed E-state index contributed by atoms with van der Waals surface area (Å²) in [5.74, 6) is 0.138. The number of aryl methyl sites for hydroxylation is 1. The summed E-state index contributed by atoms with van der Waals surface area (Å²) in [7, 11) is 1.32. The molecule has 3 heterocycles. The molecule has 4 rings (SSSR count). The van der Waals surface area contributed by atoms with E-state index >= 15 is 0 Å². The number of methoxy groups -OCH3 is 1. The van der Waals surface area contributed by atoms with Gasteiger partial charge in [0, 0.05) is 16.0 Å². The van der Waals surface area contributed by atoms with E-state index in [0.717, 1.165) is 27.3 Å². The van der Waals surface area contributed by atoms with Gasteiger partial charge in [-0.15, -0.1) is 22.7 Å². The highest BCUT2D eigenvalue weighted by molar-refractivity contribution is 7.17. The molecule has 0 saturated heterocycles. The van der Waals surface area contributed by atoms with Crippen LogP contribution in [0, 0.1) is 6.92 Å². The lowest BCUT2D eigenvalue weighted by molar-refractivity contribution is 0.0607. The molecule has 1 N–H and O–H groups in total. The summed E-state index contributed by atoms with van der Waals surface area (Å²) in [6.45, 7) is 2.48. The first-order valence-electron chi connectivity index (χ1n) is 7.91. The number of thiophene rings is 2. The van der Waals surface area contributed by atoms with Crippen LogP contribution in [-0.4, -0.2) is 19.0 Å². The SMILES string of the molecule is COC(=O)c1sccc1NC(=O)c1cc2c(s1)-c1c(C)cccc1OC2. The number of nitrogens with one attached hydrogen (secondary N) is 1. The number of rotatable bonds is 3. The molecule has 0 spiro atoms. The molecule has 1 aromatic carbocycles. The summed E-state index contributed by atoms with van der Waals surface area (Å²) >= 11 is 2.67. The van der Waals surface area contributed by atoms with Gasteiger partial charge in [0.25, 0.3) is 5.91 Å². The molecule has 2 aromatic heterocycles. The van der Waals surface area contributed by atoms with Crippen molar-refractivity contribution in [2.45, 2.75) is 13.5 Å². The minimum Gasteiger partial charge on any atom is -0.488 e. The zero-order chi connectivity index (χ0) is 18.3. The maximum Gasteiger partial charge on any atom is 0.350 e. The van der Waals surface area contributed by atoms with Gasteiger partial charge in [-0.3, -0.25) is 4.79 Å². The molecule has 1 aliphatic rings. The average Bonchev–Trinajstić information content (AvgIpc) is 3.27. The summed E-state index contributed by atoms with van der Waals surface area (Å²) in [6, 6.07) is 9.49. The van der Waals surface area contributed by atoms with Crippen molar-refractivity contribution in [1.29, 1.82) is 0 Å². The maximum absolute atomic E-state index is 12.7. The van der Waals surface area contributed by atoms with Crippen molar-refractivity contribution in [3.05, 3.63) is 56.6 Å². The number of esters is 1. The lowest BCUT2D eigenvalue weighted by Gasteiger charge is -2.19. The number of carbonyl (C=O) groups is 2. The average molecular weight is 385 g/mol. The molecular weight excluding hydrogens is 370 g/mol. The van der Waals surface area contributed by atoms with E-state index < -0.39 is 5.97 Å². The van der Waals surface area contributed by atoms with E-state index in [-0.39, 0.29) is 5.91 Å². The van der Waals surface area contributed by atoms with Crippen LogP contribution in [0.2, 0.25) is 0 Å². The van der Waals surface area contributed by atoms with Crippen molar-refractivity contribution in [1.82, 2.24) is 0 Å². The van der Waals surface area contributed by atoms with E-state index in [1.54, 1.807) is 11.4 Å². The van der Waals surface area contributed by atoms with Gasteiger partial charge in [0.1, 0.15) is 17.2 Å². The Bertz CT molecular complexity index is 1020. The summed E-state index contributed by atoms with van der Waals surface area (Å²) in [4.78, 5) is 26.5. The Kier molecular flexibility index (Phi) is 4.26. The number of hydrogen-bond donors (Lipinski definition) is 1. The minimum absolute atomic E-state index is 0.247. The predicted molar refractivity (Wildman–Crippen MR) is 102 cm³/mol. The van der Waals surface area contributed by atoms with Gasteiger partial charge in [-0.1, -0.05) is 12.1 Å². The Hall–Kier alpha value is -2.64. The molecule has 0 fully saturated rings. The number of carbonyl (C=O) groups excluding carboxylic acids is 2. The van der Waals surface area contributed by atoms with Crippen LogP contribution in [0.4, 0.5) is 5.69 Å². The molecule has 0 unspecified atom stereocenters. The minimum atomic E-state index is -0.460. The highest BCUT2D eigenvalue weighted by Crippen LogP contribution is 2.44. The standard InChI is InChI=1S/C19H15NO4S2/c1-10-4-3-5-13-15(10)16-11(9-24-13)8-14(26-16)18(21)20-12-6-7-25-17(12)19(22)23-2/h3-8H,9H2,1-2H3,(H,20,21). The molecule has 1 aliphatic heterocycles. The molecule has 0 atom stereocenters. The van der Waals surface area contributed by atoms with E-state index in [0.29, 0.717) is 22.0 Å². The van der Waals surface area contributed by atoms with E-state index in [1.807, 2.05) is 31.2 Å². The third-order valence-corrected chi connectivity index (χ3v) is 6.25. The Morgan fingerprint density at radius 3 is 2.92 bits per heavy atom. The van der Waals surface area contributed by atoms with Crippen molar-refractivity contribution >= 4 is 40.2 Å². The lowest BCUT2D eigenvalue weighted by Crippen LogP contribution is -2.12. The number of anilines is 1. The van der Waals surface area contributed by atoms with E-state index in [1.165, 1.54) is 29.8 Å². The Morgan fingerprint density at radius 2 is 2.12 bits per heavy atom. The van der Waals surface area contributed by atoms with Crippen LogP contribution in [0.15, 0.2) is 35.7 Å². The third kappa shape index (κ3) is 2.79. The monoisotopic (exact) mass is 385 g/mol. The first-order valence-corrected chi connectivity index (χ1v) is 9.60. The van der Waals surface area contributed by atoms with Crippen LogP contribution in [0.25, 0.3) is 10.4 Å². The van der Waals surface area contributed by atoms with E-state index in [2.05, 4.69) is 5.32 Å². The maximum atomic E-state index is 12.7. The summed E-state index contributed by atoms with van der Waals surface area (Å²) in [5, 5.41) is 4.55. The fraction of sp³-hybridized carbons (Fsp3) is 0.158. The molecule has 0 radical (unpaired) electrons. The fourth-order valence-electron chi connectivity index (χ4n) is 2.91. The van der Waals surface area contributed by atoms with E-state index in [9.17, 15) is 9.59 Å². The second-order valence-electron chi connectivity index (χ2n) is 5.81. The van der Waals surface area contributed by atoms with Gasteiger partial charge in [-0.2, -0.15) is 0 Å². The highest BCUT2D eigenvalue weighted by Gasteiger charge is 2.25. The molecule has 132 valence electrons. The van der Waals surface area contributed by atoms with Crippen molar-refractivity contribution < 1.29 is 19.1 Å². The Labute approximate surface area is 158 Å². The van der Waals surface area contributed by atoms with Crippen LogP contribution >= 0.6 is 22.7 Å². The quantitative estimate of drug-likeness (QED) is 0.663. The Balaban J connectivity index is 1.65. The molecule has 7 heteroatoms. The van der Waals surface area contributed by atoms with Crippen LogP contribution in [0.3, 0.4) is 0 Å². The van der Waals surface area contributed by atoms with Gasteiger partial charge in [0.15, 0.2) is 0 Å². The zero-order valence-electron chi connectivity index (χ0n) is 14.1. The number of benzene rings is 1. The van der Waals surface area contributed by atoms with Gasteiger partial charge < -0.3 is 14.8 Å². The van der Waals surface area contributed by atoms with Crippen molar-refractivity contribution in [2.75, 3.05) is 12.4 Å². The third-order valence-electron chi connectivity index (χ3n) is 4.16. The van der Waals surface area contributed by atoms with Gasteiger partial charge in [0.2, 0.25) is 0 Å². The van der Waals surface area contributed by atoms with Crippen LogP contribution < -0.4 is 10.1 Å². The number of fused-ring (bicyclic) bond motifs is 3. The number of ether oxygens (including phenoxy) is 2. The summed E-state index contributed by atoms with van der Waals surface area (Å²) in [6.07, 6.45) is 0. The summed E-state index contributed by atoms with van der Waals surface area (Å²) in [5.41, 5.74) is 3.62. The van der Waals surface area contributed by atoms with Gasteiger partial charge in [-0.25, -0.2) is 4.79 Å². The van der Waals surface area contributed by atoms with Crippen molar-refractivity contribution in [2.24, 2.45) is 0 Å². The highest BCUT2D eigenvalue weighted by atomic mass is 32.1. The fourth-order valence-corrected chi connectivity index (χ4v) is 4.85. The van der Waals surface area contributed by atoms with Crippen LogP contribution in [0.1, 0.15) is 30.5 Å². The molecule has 0 saturated carbocycles. The van der Waals surface area contributed by atoms with Gasteiger partial charge >= 0.3 is 5.97 Å². The topological polar surface area (TPSA) is 64.6 Å². The second-order valence-corrected chi connectivity index (χ2v) is 7.78. The first kappa shape index (κ1) is 16.8. The van der Waals surface area contributed by atoms with Crippen molar-refractivity contribution in [3.63, 3.8) is 0 Å². The van der Waals surface area contributed by atoms with Gasteiger partial charge in [-0.05, 0) is 36.1 Å². The summed E-state index contributed by atoms with van der Waals surface area (Å²) < 4.78 is 10.6. The normalized spacial score (nSPS) is 11.9. The number of amides is 1. The lowest BCUT2D eigenvalue weighted by atomic mass is 10.0. The molecule has 5 nitrogen and oxygen atoms in total. The molecule has 0 bridgehead atoms. The second kappa shape index (κ2) is 6.59. The van der Waals surface area contributed by atoms with Crippen molar-refractivity contribution in [3.8, 4) is 16.2 Å². The zero-order valence-corrected chi connectivity index (χ0v) is 15.8. The first-order chi connectivity index (χ1) is 12.6. The Morgan fingerprint density at radius 1 is 1.27 bits per heavy atom. The predicted octanol–water partition coefficient (Wildman–Crippen LogP) is 4.72. The molecule has 1 amide bonds. The molecule has 3 aromatic rings. The van der Waals surface area contributed by atoms with Crippen LogP contribution in [0.5, 0.6) is 5.75 Å². The molecule has 26 heavy (non-hydrogen) atoms.